The summed E-state index contributed by atoms with van der Waals surface area (Å²) in [7, 11) is 3.34. The summed E-state index contributed by atoms with van der Waals surface area (Å²) < 4.78 is 5.59. The highest BCUT2D eigenvalue weighted by atomic mass is 16.5. The molecule has 0 aliphatic rings. The molecule has 29 heavy (non-hydrogen) atoms. The SMILES string of the molecule is CB(CCCOCCN(C)C(=O)CC(=O)N(C)c1ccccc1)C(=O)CC(C)C. The minimum Gasteiger partial charge on any atom is -0.380 e. The third-order valence-corrected chi connectivity index (χ3v) is 4.90. The van der Waals surface area contributed by atoms with Crippen LogP contribution in [0.4, 0.5) is 5.69 Å². The van der Waals surface area contributed by atoms with Crippen LogP contribution in [0.1, 0.15) is 33.1 Å². The number of hydrogen-bond donors (Lipinski definition) is 0. The molecule has 1 aromatic carbocycles. The average molecular weight is 402 g/mol. The number of nitrogens with zero attached hydrogens (tertiary/aromatic N) is 2. The Balaban J connectivity index is 2.21. The highest BCUT2D eigenvalue weighted by molar-refractivity contribution is 6.89. The van der Waals surface area contributed by atoms with E-state index in [1.54, 1.807) is 14.1 Å². The van der Waals surface area contributed by atoms with Crippen LogP contribution in [0.3, 0.4) is 0 Å². The van der Waals surface area contributed by atoms with Crippen molar-refractivity contribution in [1.29, 1.82) is 0 Å². The fourth-order valence-corrected chi connectivity index (χ4v) is 2.86. The Morgan fingerprint density at radius 1 is 1.03 bits per heavy atom. The summed E-state index contributed by atoms with van der Waals surface area (Å²) in [5.74, 6) is -0.0723. The molecule has 0 aromatic heterocycles. The molecule has 1 rings (SSSR count). The zero-order valence-electron chi connectivity index (χ0n) is 18.5. The van der Waals surface area contributed by atoms with Crippen molar-refractivity contribution in [2.45, 2.75) is 46.3 Å². The molecule has 0 N–H and O–H groups in total. The smallest absolute Gasteiger partial charge is 0.236 e. The first kappa shape index (κ1) is 24.9. The number of likely N-dealkylation sites (N-methyl/N-ethyl adjacent to an activating group) is 1. The first-order valence-electron chi connectivity index (χ1n) is 10.4. The van der Waals surface area contributed by atoms with Crippen molar-refractivity contribution in [3.63, 3.8) is 0 Å². The maximum atomic E-state index is 12.3. The van der Waals surface area contributed by atoms with Gasteiger partial charge in [0.2, 0.25) is 18.5 Å². The second kappa shape index (κ2) is 13.1. The molecule has 0 fully saturated rings. The predicted molar refractivity (Wildman–Crippen MR) is 118 cm³/mol. The molecule has 0 saturated heterocycles. The lowest BCUT2D eigenvalue weighted by atomic mass is 9.45. The summed E-state index contributed by atoms with van der Waals surface area (Å²) in [4.78, 5) is 39.5. The first-order valence-corrected chi connectivity index (χ1v) is 10.4. The molecule has 6 nitrogen and oxygen atoms in total. The molecule has 0 atom stereocenters. The monoisotopic (exact) mass is 402 g/mol. The van der Waals surface area contributed by atoms with Crippen molar-refractivity contribution in [3.05, 3.63) is 30.3 Å². The summed E-state index contributed by atoms with van der Waals surface area (Å²) in [5.41, 5.74) is 1.08. The Morgan fingerprint density at radius 2 is 1.69 bits per heavy atom. The van der Waals surface area contributed by atoms with E-state index < -0.39 is 0 Å². The molecule has 160 valence electrons. The Morgan fingerprint density at radius 3 is 2.31 bits per heavy atom. The van der Waals surface area contributed by atoms with Gasteiger partial charge in [-0.15, -0.1) is 0 Å². The lowest BCUT2D eigenvalue weighted by Crippen LogP contribution is -2.36. The van der Waals surface area contributed by atoms with Gasteiger partial charge in [0, 0.05) is 32.9 Å². The highest BCUT2D eigenvalue weighted by Crippen LogP contribution is 2.12. The summed E-state index contributed by atoms with van der Waals surface area (Å²) in [5, 5.41) is 0. The van der Waals surface area contributed by atoms with E-state index in [4.69, 9.17) is 4.74 Å². The van der Waals surface area contributed by atoms with Gasteiger partial charge in [0.05, 0.1) is 12.3 Å². The Labute approximate surface area is 175 Å². The molecule has 0 spiro atoms. The number of ether oxygens (including phenoxy) is 1. The van der Waals surface area contributed by atoms with Crippen molar-refractivity contribution < 1.29 is 19.1 Å². The quantitative estimate of drug-likeness (QED) is 0.289. The summed E-state index contributed by atoms with van der Waals surface area (Å²) in [6.45, 7) is 7.56. The second-order valence-corrected chi connectivity index (χ2v) is 8.00. The van der Waals surface area contributed by atoms with Gasteiger partial charge in [-0.3, -0.25) is 9.59 Å². The van der Waals surface area contributed by atoms with Crippen LogP contribution in [0.15, 0.2) is 30.3 Å². The van der Waals surface area contributed by atoms with Crippen molar-refractivity contribution in [1.82, 2.24) is 4.90 Å². The maximum absolute atomic E-state index is 12.3. The van der Waals surface area contributed by atoms with Gasteiger partial charge < -0.3 is 19.3 Å². The van der Waals surface area contributed by atoms with Gasteiger partial charge in [-0.05, 0) is 30.9 Å². The summed E-state index contributed by atoms with van der Waals surface area (Å²) in [6, 6.07) is 9.25. The molecule has 2 amide bonds. The summed E-state index contributed by atoms with van der Waals surface area (Å²) in [6.07, 6.45) is 2.11. The third kappa shape index (κ3) is 9.75. The molecule has 0 unspecified atom stereocenters. The van der Waals surface area contributed by atoms with Gasteiger partial charge in [-0.2, -0.15) is 0 Å². The standard InChI is InChI=1S/C22H35BN2O4/c1-18(2)16-20(26)23(3)12-9-14-29-15-13-24(4)21(27)17-22(28)25(5)19-10-7-6-8-11-19/h6-8,10-11,18H,9,12-17H2,1-5H3. The molecule has 0 saturated carbocycles. The van der Waals surface area contributed by atoms with Gasteiger partial charge in [-0.25, -0.2) is 0 Å². The Hall–Kier alpha value is -2.15. The van der Waals surface area contributed by atoms with Crippen molar-refractivity contribution in [3.8, 4) is 0 Å². The molecular weight excluding hydrogens is 367 g/mol. The van der Waals surface area contributed by atoms with Gasteiger partial charge in [0.15, 0.2) is 0 Å². The first-order chi connectivity index (χ1) is 13.7. The van der Waals surface area contributed by atoms with Crippen molar-refractivity contribution in [2.75, 3.05) is 38.8 Å². The van der Waals surface area contributed by atoms with Crippen molar-refractivity contribution in [2.24, 2.45) is 5.92 Å². The fourth-order valence-electron chi connectivity index (χ4n) is 2.86. The van der Waals surface area contributed by atoms with E-state index in [1.807, 2.05) is 37.2 Å². The van der Waals surface area contributed by atoms with Gasteiger partial charge in [-0.1, -0.05) is 45.2 Å². The van der Waals surface area contributed by atoms with Crippen LogP contribution in [0.5, 0.6) is 0 Å². The lowest BCUT2D eigenvalue weighted by Gasteiger charge is -2.20. The minimum absolute atomic E-state index is 0.0675. The molecule has 1 aromatic rings. The zero-order chi connectivity index (χ0) is 21.8. The third-order valence-electron chi connectivity index (χ3n) is 4.90. The van der Waals surface area contributed by atoms with E-state index in [9.17, 15) is 14.4 Å². The number of amides is 2. The topological polar surface area (TPSA) is 66.9 Å². The van der Waals surface area contributed by atoms with E-state index in [0.717, 1.165) is 18.4 Å². The number of hydrogen-bond acceptors (Lipinski definition) is 4. The van der Waals surface area contributed by atoms with Gasteiger partial charge in [0.1, 0.15) is 6.42 Å². The second-order valence-electron chi connectivity index (χ2n) is 8.00. The molecule has 7 heteroatoms. The van der Waals surface area contributed by atoms with Crippen LogP contribution in [0.25, 0.3) is 0 Å². The van der Waals surface area contributed by atoms with Crippen LogP contribution in [0.2, 0.25) is 13.1 Å². The number of carbonyl (C=O) groups excluding carboxylic acids is 3. The maximum Gasteiger partial charge on any atom is 0.236 e. The fraction of sp³-hybridized carbons (Fsp3) is 0.591. The Kier molecular flexibility index (Phi) is 11.3. The van der Waals surface area contributed by atoms with Gasteiger partial charge >= 0.3 is 0 Å². The van der Waals surface area contributed by atoms with Crippen LogP contribution >= 0.6 is 0 Å². The van der Waals surface area contributed by atoms with E-state index in [2.05, 4.69) is 13.8 Å². The highest BCUT2D eigenvalue weighted by Gasteiger charge is 2.19. The molecular formula is C22H35BN2O4. The molecule has 0 heterocycles. The number of para-hydroxylation sites is 1. The van der Waals surface area contributed by atoms with E-state index >= 15 is 0 Å². The molecule has 0 bridgehead atoms. The Bertz CT molecular complexity index is 651. The van der Waals surface area contributed by atoms with E-state index in [1.165, 1.54) is 9.80 Å². The van der Waals surface area contributed by atoms with E-state index in [-0.39, 0.29) is 24.9 Å². The molecule has 0 aliphatic carbocycles. The molecule has 0 radical (unpaired) electrons. The molecule has 0 aliphatic heterocycles. The largest absolute Gasteiger partial charge is 0.380 e. The normalized spacial score (nSPS) is 10.7. The number of rotatable bonds is 13. The number of anilines is 1. The predicted octanol–water partition coefficient (Wildman–Crippen LogP) is 3.18. The number of carbonyl (C=O) groups is 3. The van der Waals surface area contributed by atoms with Gasteiger partial charge in [0.25, 0.3) is 0 Å². The summed E-state index contributed by atoms with van der Waals surface area (Å²) >= 11 is 0. The lowest BCUT2D eigenvalue weighted by molar-refractivity contribution is -0.134. The average Bonchev–Trinajstić information content (AvgIpc) is 2.69. The zero-order valence-corrected chi connectivity index (χ0v) is 18.5. The number of benzene rings is 1. The van der Waals surface area contributed by atoms with Crippen molar-refractivity contribution >= 4 is 29.9 Å². The van der Waals surface area contributed by atoms with Crippen LogP contribution in [-0.2, 0) is 19.1 Å². The van der Waals surface area contributed by atoms with E-state index in [0.29, 0.717) is 37.8 Å². The van der Waals surface area contributed by atoms with Crippen LogP contribution < -0.4 is 4.90 Å². The minimum atomic E-state index is -0.242. The van der Waals surface area contributed by atoms with Crippen LogP contribution in [-0.4, -0.2) is 63.0 Å². The van der Waals surface area contributed by atoms with Crippen LogP contribution in [0, 0.1) is 5.92 Å².